The van der Waals surface area contributed by atoms with Crippen molar-refractivity contribution in [2.24, 2.45) is 0 Å². The first-order valence-corrected chi connectivity index (χ1v) is 0. The molecule has 0 nitrogen and oxygen atoms in total. The fourth-order valence-corrected chi connectivity index (χ4v) is 0. The van der Waals surface area contributed by atoms with E-state index >= 15 is 0 Å². The second-order valence-corrected chi connectivity index (χ2v) is 0. The van der Waals surface area contributed by atoms with Crippen LogP contribution in [-0.4, -0.2) is 36.2 Å². The quantitative estimate of drug-likeness (QED) is 0.262. The van der Waals surface area contributed by atoms with Crippen molar-refractivity contribution in [1.82, 2.24) is 0 Å². The van der Waals surface area contributed by atoms with Crippen molar-refractivity contribution in [2.75, 3.05) is 0 Å². The van der Waals surface area contributed by atoms with Crippen LogP contribution in [0.2, 0.25) is 0 Å². The molecule has 0 heterocycles. The third-order valence-electron chi connectivity index (χ3n) is 0. The Labute approximate surface area is 67.3 Å². The summed E-state index contributed by atoms with van der Waals surface area (Å²) in [5.41, 5.74) is 0. The van der Waals surface area contributed by atoms with Gasteiger partial charge >= 0.3 is 18.9 Å². The molecule has 0 aromatic rings. The van der Waals surface area contributed by atoms with E-state index in [0.717, 1.165) is 0 Å². The summed E-state index contributed by atoms with van der Waals surface area (Å²) in [6.07, 6.45) is 0. The van der Waals surface area contributed by atoms with Crippen LogP contribution < -0.4 is 0 Å². The van der Waals surface area contributed by atoms with Crippen molar-refractivity contribution < 1.29 is 21.7 Å². The second kappa shape index (κ2) is 18.6. The Kier molecular flexibility index (Phi) is 157. The van der Waals surface area contributed by atoms with Gasteiger partial charge in [0.1, 0.15) is 0 Å². The maximum Gasteiger partial charge on any atom is 0 e. The van der Waals surface area contributed by atoms with Crippen LogP contribution in [0.4, 0.5) is 0 Å². The van der Waals surface area contributed by atoms with Crippen molar-refractivity contribution >= 4 is 46.1 Å². The molecule has 0 rings (SSSR count). The van der Waals surface area contributed by atoms with Crippen LogP contribution in [0.25, 0.3) is 0 Å². The first kappa shape index (κ1) is 33.7. The van der Waals surface area contributed by atoms with Gasteiger partial charge in [-0.3, -0.25) is 0 Å². The van der Waals surface area contributed by atoms with E-state index in [1.165, 1.54) is 0 Å². The summed E-state index contributed by atoms with van der Waals surface area (Å²) in [5.74, 6) is 0. The zero-order valence-corrected chi connectivity index (χ0v) is 4.18. The van der Waals surface area contributed by atoms with Gasteiger partial charge in [-0.05, 0) is 0 Å². The molecule has 0 saturated heterocycles. The van der Waals surface area contributed by atoms with Crippen LogP contribution in [0, 0.1) is 0 Å². The molecule has 1 unspecified atom stereocenters. The summed E-state index contributed by atoms with van der Waals surface area (Å²) >= 11 is 0. The van der Waals surface area contributed by atoms with Gasteiger partial charge < -0.3 is 0 Å². The number of hydrogen-bond acceptors (Lipinski definition) is 0. The minimum absolute atomic E-state index is 0. The summed E-state index contributed by atoms with van der Waals surface area (Å²) in [6, 6.07) is 0. The van der Waals surface area contributed by atoms with Gasteiger partial charge in [0.2, 0.25) is 0 Å². The Hall–Kier alpha value is 2.27. The van der Waals surface area contributed by atoms with Crippen LogP contribution in [0.1, 0.15) is 0 Å². The molecule has 0 aromatic carbocycles. The average Bonchev–Trinajstić information content (AvgIpc) is 0. The Morgan fingerprint density at radius 3 is 1.00 bits per heavy atom. The van der Waals surface area contributed by atoms with Crippen LogP contribution in [0.15, 0.2) is 0 Å². The van der Waals surface area contributed by atoms with Gasteiger partial charge in [0.25, 0.3) is 0 Å². The SMILES string of the molecule is P.[AlH3].[LiH].[Ti]. The molecule has 0 radical (unpaired) electrons. The van der Waals surface area contributed by atoms with Gasteiger partial charge in [0.05, 0.1) is 0 Å². The summed E-state index contributed by atoms with van der Waals surface area (Å²) in [5, 5.41) is 0. The van der Waals surface area contributed by atoms with E-state index in [1.807, 2.05) is 0 Å². The van der Waals surface area contributed by atoms with Crippen molar-refractivity contribution in [2.45, 2.75) is 0 Å². The standard InChI is InChI=1S/Al.Li.H3P.Ti.4H/h;;1H3;;;;;. The van der Waals surface area contributed by atoms with Crippen molar-refractivity contribution in [3.05, 3.63) is 0 Å². The van der Waals surface area contributed by atoms with E-state index in [4.69, 9.17) is 0 Å². The third-order valence-corrected chi connectivity index (χ3v) is 0. The molecule has 0 fully saturated rings. The Morgan fingerprint density at radius 1 is 1.00 bits per heavy atom. The van der Waals surface area contributed by atoms with Crippen LogP contribution in [-0.2, 0) is 21.7 Å². The Balaban J connectivity index is 0. The maximum absolute atomic E-state index is 0. The normalized spacial score (nSPS) is 0. The van der Waals surface area contributed by atoms with Crippen LogP contribution >= 0.6 is 9.90 Å². The fourth-order valence-electron chi connectivity index (χ4n) is 0. The summed E-state index contributed by atoms with van der Waals surface area (Å²) in [6.45, 7) is 0. The van der Waals surface area contributed by atoms with Crippen molar-refractivity contribution in [3.8, 4) is 0 Å². The molecule has 0 aliphatic rings. The van der Waals surface area contributed by atoms with E-state index in [9.17, 15) is 0 Å². The number of hydrogen-bond donors (Lipinski definition) is 0. The monoisotopic (exact) mass is 120 g/mol. The minimum atomic E-state index is 0. The van der Waals surface area contributed by atoms with Crippen LogP contribution in [0.5, 0.6) is 0 Å². The zero-order chi connectivity index (χ0) is 0. The van der Waals surface area contributed by atoms with E-state index in [1.54, 1.807) is 0 Å². The van der Waals surface area contributed by atoms with Gasteiger partial charge in [-0.25, -0.2) is 0 Å². The molecule has 20 valence electrons. The predicted molar refractivity (Wildman–Crippen MR) is 28.2 cm³/mol. The molecule has 0 aliphatic carbocycles. The zero-order valence-electron chi connectivity index (χ0n) is 1.21. The van der Waals surface area contributed by atoms with E-state index in [2.05, 4.69) is 0 Å². The molecule has 0 spiro atoms. The van der Waals surface area contributed by atoms with Gasteiger partial charge in [-0.2, -0.15) is 9.90 Å². The molecule has 0 aromatic heterocycles. The van der Waals surface area contributed by atoms with E-state index in [-0.39, 0.29) is 67.8 Å². The summed E-state index contributed by atoms with van der Waals surface area (Å²) < 4.78 is 0. The summed E-state index contributed by atoms with van der Waals surface area (Å²) in [7, 11) is 0. The summed E-state index contributed by atoms with van der Waals surface area (Å²) in [4.78, 5) is 0. The first-order chi connectivity index (χ1) is 0. The molecule has 0 bridgehead atoms. The topological polar surface area (TPSA) is 0 Å². The maximum atomic E-state index is 0. The minimum Gasteiger partial charge on any atom is 0 e. The third kappa shape index (κ3) is 8.86. The van der Waals surface area contributed by atoms with Crippen molar-refractivity contribution in [3.63, 3.8) is 0 Å². The van der Waals surface area contributed by atoms with Gasteiger partial charge in [-0.1, -0.05) is 0 Å². The Bertz CT molecular complexity index is 8.00. The second-order valence-electron chi connectivity index (χ2n) is 0. The van der Waals surface area contributed by atoms with Gasteiger partial charge in [0, 0.05) is 21.7 Å². The van der Waals surface area contributed by atoms with E-state index < -0.39 is 0 Å². The predicted octanol–water partition coefficient (Wildman–Crippen LogP) is -1.78. The molecule has 1 atom stereocenters. The Morgan fingerprint density at radius 2 is 1.00 bits per heavy atom. The first-order valence-electron chi connectivity index (χ1n) is 0. The molecule has 0 amide bonds. The molecule has 0 N–H and O–H groups in total. The average molecular weight is 120 g/mol. The van der Waals surface area contributed by atoms with Crippen molar-refractivity contribution in [1.29, 1.82) is 0 Å². The smallest absolute Gasteiger partial charge is 0 e. The molecular weight excluding hydrogens is 113 g/mol. The molecule has 0 saturated carbocycles. The largest absolute Gasteiger partial charge is 0 e. The van der Waals surface area contributed by atoms with E-state index in [0.29, 0.717) is 0 Å². The van der Waals surface area contributed by atoms with Gasteiger partial charge in [-0.15, -0.1) is 0 Å². The number of rotatable bonds is 0. The molecular formula is H7AlLiPTi. The molecule has 4 heteroatoms. The van der Waals surface area contributed by atoms with Crippen LogP contribution in [0.3, 0.4) is 0 Å². The van der Waals surface area contributed by atoms with Gasteiger partial charge in [0.15, 0.2) is 17.4 Å². The fraction of sp³-hybridized carbons (Fsp3) is 0. The molecule has 4 heavy (non-hydrogen) atoms. The molecule has 0 aliphatic heterocycles.